The second kappa shape index (κ2) is 7.31. The number of aromatic nitrogens is 3. The van der Waals surface area contributed by atoms with Crippen LogP contribution in [0.2, 0.25) is 0 Å². The monoisotopic (exact) mass is 357 g/mol. The summed E-state index contributed by atoms with van der Waals surface area (Å²) in [5, 5.41) is 14.1. The Morgan fingerprint density at radius 2 is 1.77 bits per heavy atom. The molecule has 22 heavy (non-hydrogen) atoms. The summed E-state index contributed by atoms with van der Waals surface area (Å²) in [7, 11) is -10.8. The van der Waals surface area contributed by atoms with Crippen LogP contribution in [0.5, 0.6) is 0 Å². The van der Waals surface area contributed by atoms with Gasteiger partial charge < -0.3 is 24.7 Å². The molecule has 0 saturated carbocycles. The molecule has 0 aromatic carbocycles. The van der Waals surface area contributed by atoms with Crippen LogP contribution in [0.15, 0.2) is 6.20 Å². The first-order valence-electron chi connectivity index (χ1n) is 6.74. The molecule has 1 rings (SSSR count). The first-order chi connectivity index (χ1) is 10.0. The van der Waals surface area contributed by atoms with Crippen molar-refractivity contribution < 1.29 is 33.8 Å². The maximum absolute atomic E-state index is 11.2. The van der Waals surface area contributed by atoms with Gasteiger partial charge in [-0.3, -0.25) is 13.8 Å². The smallest absolute Gasteiger partial charge is 0.368 e. The van der Waals surface area contributed by atoms with Crippen molar-refractivity contribution in [2.45, 2.75) is 50.7 Å². The van der Waals surface area contributed by atoms with E-state index < -0.39 is 26.7 Å². The minimum atomic E-state index is -5.39. The van der Waals surface area contributed by atoms with E-state index in [4.69, 9.17) is 19.6 Å². The first-order valence-corrected chi connectivity index (χ1v) is 9.96. The van der Waals surface area contributed by atoms with E-state index in [1.165, 1.54) is 4.68 Å². The Morgan fingerprint density at radius 3 is 2.27 bits per heavy atom. The lowest BCUT2D eigenvalue weighted by atomic mass is 10.2. The van der Waals surface area contributed by atoms with E-state index in [2.05, 4.69) is 10.3 Å². The Labute approximate surface area is 127 Å². The molecule has 0 spiro atoms. The molecular weight excluding hydrogens is 336 g/mol. The Kier molecular flexibility index (Phi) is 6.46. The van der Waals surface area contributed by atoms with E-state index in [-0.39, 0.29) is 13.0 Å². The van der Waals surface area contributed by atoms with E-state index >= 15 is 0 Å². The highest BCUT2D eigenvalue weighted by Crippen LogP contribution is 2.69. The molecule has 0 aliphatic heterocycles. The lowest BCUT2D eigenvalue weighted by molar-refractivity contribution is 0.119. The molecule has 0 atom stereocenters. The third-order valence-electron chi connectivity index (χ3n) is 3.20. The lowest BCUT2D eigenvalue weighted by Crippen LogP contribution is -2.29. The van der Waals surface area contributed by atoms with Gasteiger partial charge in [0, 0.05) is 19.2 Å². The number of rotatable bonds is 9. The Hall–Kier alpha value is -0.600. The summed E-state index contributed by atoms with van der Waals surface area (Å²) in [4.78, 5) is 36.0. The second-order valence-electron chi connectivity index (χ2n) is 5.04. The number of unbranched alkanes of at least 4 members (excludes halogenated alkanes) is 1. The third kappa shape index (κ3) is 4.70. The minimum Gasteiger partial charge on any atom is -0.368 e. The molecule has 12 heteroatoms. The fourth-order valence-corrected chi connectivity index (χ4v) is 4.12. The Balaban J connectivity index is 2.66. The van der Waals surface area contributed by atoms with Crippen molar-refractivity contribution in [2.24, 2.45) is 0 Å². The van der Waals surface area contributed by atoms with E-state index in [0.717, 1.165) is 25.0 Å². The van der Waals surface area contributed by atoms with E-state index in [1.54, 1.807) is 6.20 Å². The molecule has 128 valence electrons. The van der Waals surface area contributed by atoms with Crippen molar-refractivity contribution in [3.8, 4) is 0 Å². The first kappa shape index (κ1) is 19.4. The fourth-order valence-electron chi connectivity index (χ4n) is 1.86. The average molecular weight is 357 g/mol. The molecule has 0 aliphatic rings. The maximum Gasteiger partial charge on any atom is 0.369 e. The van der Waals surface area contributed by atoms with Gasteiger partial charge in [0.15, 0.2) is 0 Å². The van der Waals surface area contributed by atoms with Gasteiger partial charge in [0.2, 0.25) is 0 Å². The highest BCUT2D eigenvalue weighted by atomic mass is 31.2. The quantitative estimate of drug-likeness (QED) is 0.393. The van der Waals surface area contributed by atoms with Crippen molar-refractivity contribution in [2.75, 3.05) is 0 Å². The van der Waals surface area contributed by atoms with E-state index in [9.17, 15) is 14.2 Å². The molecule has 0 aliphatic carbocycles. The van der Waals surface area contributed by atoms with Crippen molar-refractivity contribution in [3.63, 3.8) is 0 Å². The highest BCUT2D eigenvalue weighted by Gasteiger charge is 2.58. The molecule has 1 aromatic heterocycles. The average Bonchev–Trinajstić information content (AvgIpc) is 2.81. The van der Waals surface area contributed by atoms with Crippen LogP contribution < -0.4 is 0 Å². The normalized spacial score (nSPS) is 13.5. The van der Waals surface area contributed by atoms with Crippen LogP contribution in [-0.2, 0) is 22.1 Å². The third-order valence-corrected chi connectivity index (χ3v) is 7.08. The molecule has 0 bridgehead atoms. The molecule has 0 unspecified atom stereocenters. The van der Waals surface area contributed by atoms with Gasteiger partial charge in [-0.15, -0.1) is 5.10 Å². The number of nitrogens with zero attached hydrogens (tertiary/aromatic N) is 3. The molecule has 1 aromatic rings. The molecule has 0 radical (unpaired) electrons. The van der Waals surface area contributed by atoms with Crippen LogP contribution in [0.4, 0.5) is 0 Å². The summed E-state index contributed by atoms with van der Waals surface area (Å²) >= 11 is 0. The molecule has 0 fully saturated rings. The largest absolute Gasteiger partial charge is 0.369 e. The van der Waals surface area contributed by atoms with Gasteiger partial charge in [0.1, 0.15) is 0 Å². The van der Waals surface area contributed by atoms with E-state index in [1.807, 2.05) is 6.92 Å². The van der Waals surface area contributed by atoms with Crippen LogP contribution in [0.3, 0.4) is 0 Å². The molecule has 0 saturated heterocycles. The highest BCUT2D eigenvalue weighted by molar-refractivity contribution is 7.72. The van der Waals surface area contributed by atoms with Crippen molar-refractivity contribution in [3.05, 3.63) is 11.9 Å². The maximum atomic E-state index is 11.2. The van der Waals surface area contributed by atoms with Crippen LogP contribution in [-0.4, -0.2) is 44.8 Å². The lowest BCUT2D eigenvalue weighted by Gasteiger charge is -2.29. The Bertz CT molecular complexity index is 557. The number of aliphatic hydroxyl groups is 1. The Morgan fingerprint density at radius 1 is 1.18 bits per heavy atom. The topological polar surface area (TPSA) is 166 Å². The molecule has 10 nitrogen and oxygen atoms in total. The van der Waals surface area contributed by atoms with Crippen molar-refractivity contribution in [1.29, 1.82) is 0 Å². The van der Waals surface area contributed by atoms with Gasteiger partial charge in [-0.2, -0.15) is 0 Å². The fraction of sp³-hybridized carbons (Fsp3) is 0.800. The van der Waals surface area contributed by atoms with Gasteiger partial charge in [-0.1, -0.05) is 18.6 Å². The summed E-state index contributed by atoms with van der Waals surface area (Å²) in [5.74, 6) is 0. The minimum absolute atomic E-state index is 0.0801. The summed E-state index contributed by atoms with van der Waals surface area (Å²) in [5.41, 5.74) is 0.766. The zero-order valence-electron chi connectivity index (χ0n) is 12.1. The number of aryl methyl sites for hydroxylation is 2. The van der Waals surface area contributed by atoms with Crippen LogP contribution in [0.1, 0.15) is 38.3 Å². The zero-order chi connectivity index (χ0) is 17.0. The summed E-state index contributed by atoms with van der Waals surface area (Å²) in [6.45, 7) is 2.16. The van der Waals surface area contributed by atoms with Crippen LogP contribution in [0.25, 0.3) is 0 Å². The number of hydrogen-bond acceptors (Lipinski definition) is 5. The molecule has 1 heterocycles. The van der Waals surface area contributed by atoms with Gasteiger partial charge in [0.25, 0.3) is 5.08 Å². The number of hydrogen-bond donors (Lipinski definition) is 5. The zero-order valence-corrected chi connectivity index (χ0v) is 13.9. The summed E-state index contributed by atoms with van der Waals surface area (Å²) < 4.78 is 23.8. The van der Waals surface area contributed by atoms with Crippen LogP contribution in [0, 0.1) is 0 Å². The van der Waals surface area contributed by atoms with Crippen molar-refractivity contribution >= 4 is 15.2 Å². The molecular formula is C10H21N3O7P2. The predicted molar refractivity (Wildman–Crippen MR) is 76.9 cm³/mol. The molecule has 0 amide bonds. The van der Waals surface area contributed by atoms with Gasteiger partial charge >= 0.3 is 15.2 Å². The summed E-state index contributed by atoms with van der Waals surface area (Å²) in [6.07, 6.45) is 3.53. The van der Waals surface area contributed by atoms with E-state index in [0.29, 0.717) is 0 Å². The van der Waals surface area contributed by atoms with Gasteiger partial charge in [-0.05, 0) is 19.3 Å². The predicted octanol–water partition coefficient (Wildman–Crippen LogP) is 0.402. The van der Waals surface area contributed by atoms with Gasteiger partial charge in [0.05, 0.1) is 5.69 Å². The van der Waals surface area contributed by atoms with Crippen molar-refractivity contribution in [1.82, 2.24) is 15.0 Å². The summed E-state index contributed by atoms with van der Waals surface area (Å²) in [6, 6.07) is 0. The standard InChI is InChI=1S/C10H21N3O7P2/c1-2-3-5-9-8-13(12-11-9)7-4-6-10(14,21(15,16)17)22(18,19)20/h8,14H,2-7H2,1H3,(H2,15,16,17)(H2,18,19,20). The second-order valence-corrected chi connectivity index (χ2v) is 9.05. The van der Waals surface area contributed by atoms with Gasteiger partial charge in [-0.25, -0.2) is 0 Å². The SMILES string of the molecule is CCCCc1cn(CCCC(O)(P(=O)(O)O)P(=O)(O)O)nn1. The molecule has 5 N–H and O–H groups in total. The van der Waals surface area contributed by atoms with Crippen LogP contribution >= 0.6 is 15.2 Å².